The van der Waals surface area contributed by atoms with E-state index in [0.29, 0.717) is 5.56 Å². The average molecular weight is 363 g/mol. The number of hydrogen-bond donors (Lipinski definition) is 2. The Balaban J connectivity index is 2.18. The Morgan fingerprint density at radius 3 is 2.60 bits per heavy atom. The summed E-state index contributed by atoms with van der Waals surface area (Å²) in [7, 11) is 0. The number of anilines is 1. The van der Waals surface area contributed by atoms with E-state index in [1.807, 2.05) is 0 Å². The number of benzene rings is 2. The number of carbonyl (C=O) groups excluding carboxylic acids is 1. The van der Waals surface area contributed by atoms with Gasteiger partial charge in [0.15, 0.2) is 0 Å². The van der Waals surface area contributed by atoms with Crippen molar-refractivity contribution in [3.05, 3.63) is 68.7 Å². The highest BCUT2D eigenvalue weighted by Gasteiger charge is 2.21. The summed E-state index contributed by atoms with van der Waals surface area (Å²) in [6.45, 7) is 1.61. The Kier molecular flexibility index (Phi) is 5.71. The Bertz CT molecular complexity index is 838. The van der Waals surface area contributed by atoms with E-state index < -0.39 is 22.7 Å². The molecule has 1 amide bonds. The van der Waals surface area contributed by atoms with Gasteiger partial charge in [0.1, 0.15) is 0 Å². The summed E-state index contributed by atoms with van der Waals surface area (Å²) in [5, 5.41) is 23.0. The fourth-order valence-corrected chi connectivity index (χ4v) is 2.52. The number of aromatic carboxylic acids is 1. The SMILES string of the molecule is CC(Cc1ccccc1[N+](=O)[O-])C(=O)Nc1cc(Cl)ccc1C(=O)O. The number of carboxylic acid groups (broad SMARTS) is 1. The second kappa shape index (κ2) is 7.76. The highest BCUT2D eigenvalue weighted by molar-refractivity contribution is 6.31. The van der Waals surface area contributed by atoms with Crippen LogP contribution in [0.3, 0.4) is 0 Å². The van der Waals surface area contributed by atoms with Gasteiger partial charge in [-0.25, -0.2) is 4.79 Å². The van der Waals surface area contributed by atoms with Gasteiger partial charge in [0.25, 0.3) is 5.69 Å². The smallest absolute Gasteiger partial charge is 0.337 e. The number of hydrogen-bond acceptors (Lipinski definition) is 4. The van der Waals surface area contributed by atoms with Crippen LogP contribution in [0.15, 0.2) is 42.5 Å². The summed E-state index contributed by atoms with van der Waals surface area (Å²) in [5.41, 5.74) is 0.367. The van der Waals surface area contributed by atoms with Crippen LogP contribution in [0.5, 0.6) is 0 Å². The summed E-state index contributed by atoms with van der Waals surface area (Å²) in [6, 6.07) is 10.2. The molecule has 0 saturated heterocycles. The molecule has 0 radical (unpaired) electrons. The lowest BCUT2D eigenvalue weighted by atomic mass is 9.98. The van der Waals surface area contributed by atoms with Gasteiger partial charge in [-0.3, -0.25) is 14.9 Å². The number of amides is 1. The van der Waals surface area contributed by atoms with Gasteiger partial charge in [0.05, 0.1) is 16.2 Å². The summed E-state index contributed by atoms with van der Waals surface area (Å²) in [4.78, 5) is 34.1. The Morgan fingerprint density at radius 1 is 1.28 bits per heavy atom. The van der Waals surface area contributed by atoms with E-state index in [9.17, 15) is 24.8 Å². The third-order valence-corrected chi connectivity index (χ3v) is 3.87. The van der Waals surface area contributed by atoms with E-state index in [0.717, 1.165) is 0 Å². The minimum atomic E-state index is -1.20. The molecule has 0 aromatic heterocycles. The molecular formula is C17H15ClN2O5. The number of carboxylic acids is 1. The molecule has 2 rings (SSSR count). The Labute approximate surface area is 148 Å². The van der Waals surface area contributed by atoms with Crippen LogP contribution in [0.25, 0.3) is 0 Å². The average Bonchev–Trinajstić information content (AvgIpc) is 2.54. The molecule has 2 N–H and O–H groups in total. The molecule has 130 valence electrons. The van der Waals surface area contributed by atoms with Crippen molar-refractivity contribution >= 4 is 34.9 Å². The molecule has 8 heteroatoms. The third-order valence-electron chi connectivity index (χ3n) is 3.63. The van der Waals surface area contributed by atoms with Gasteiger partial charge < -0.3 is 10.4 Å². The van der Waals surface area contributed by atoms with Crippen LogP contribution in [-0.2, 0) is 11.2 Å². The molecule has 7 nitrogen and oxygen atoms in total. The maximum absolute atomic E-state index is 12.4. The zero-order valence-electron chi connectivity index (χ0n) is 13.2. The van der Waals surface area contributed by atoms with Crippen molar-refractivity contribution in [3.8, 4) is 0 Å². The molecule has 0 fully saturated rings. The van der Waals surface area contributed by atoms with Gasteiger partial charge >= 0.3 is 5.97 Å². The number of carbonyl (C=O) groups is 2. The van der Waals surface area contributed by atoms with Gasteiger partial charge in [-0.1, -0.05) is 36.7 Å². The van der Waals surface area contributed by atoms with Crippen LogP contribution in [0.1, 0.15) is 22.8 Å². The molecule has 0 aliphatic carbocycles. The van der Waals surface area contributed by atoms with Gasteiger partial charge in [-0.2, -0.15) is 0 Å². The van der Waals surface area contributed by atoms with E-state index in [4.69, 9.17) is 11.6 Å². The maximum atomic E-state index is 12.4. The number of para-hydroxylation sites is 1. The predicted molar refractivity (Wildman–Crippen MR) is 93.0 cm³/mol. The molecule has 1 atom stereocenters. The first-order valence-electron chi connectivity index (χ1n) is 7.35. The minimum absolute atomic E-state index is 0.0591. The molecule has 0 heterocycles. The number of nitro groups is 1. The summed E-state index contributed by atoms with van der Waals surface area (Å²) < 4.78 is 0. The van der Waals surface area contributed by atoms with Crippen molar-refractivity contribution in [1.82, 2.24) is 0 Å². The molecule has 0 saturated carbocycles. The van der Waals surface area contributed by atoms with Gasteiger partial charge in [-0.15, -0.1) is 0 Å². The zero-order valence-corrected chi connectivity index (χ0v) is 14.0. The van der Waals surface area contributed by atoms with Crippen LogP contribution in [0, 0.1) is 16.0 Å². The quantitative estimate of drug-likeness (QED) is 0.600. The number of rotatable bonds is 6. The van der Waals surface area contributed by atoms with E-state index in [2.05, 4.69) is 5.32 Å². The van der Waals surface area contributed by atoms with Crippen molar-refractivity contribution in [1.29, 1.82) is 0 Å². The number of halogens is 1. The van der Waals surface area contributed by atoms with Crippen LogP contribution in [-0.4, -0.2) is 21.9 Å². The molecular weight excluding hydrogens is 348 g/mol. The summed E-state index contributed by atoms with van der Waals surface area (Å²) in [6.07, 6.45) is 0.145. The van der Waals surface area contributed by atoms with Crippen molar-refractivity contribution in [2.75, 3.05) is 5.32 Å². The van der Waals surface area contributed by atoms with E-state index in [1.54, 1.807) is 25.1 Å². The fourth-order valence-electron chi connectivity index (χ4n) is 2.35. The van der Waals surface area contributed by atoms with Crippen LogP contribution in [0.2, 0.25) is 5.02 Å². The Hall–Kier alpha value is -2.93. The minimum Gasteiger partial charge on any atom is -0.478 e. The van der Waals surface area contributed by atoms with E-state index in [1.165, 1.54) is 24.3 Å². The van der Waals surface area contributed by atoms with Crippen LogP contribution >= 0.6 is 11.6 Å². The predicted octanol–water partition coefficient (Wildman–Crippen LogP) is 3.76. The second-order valence-electron chi connectivity index (χ2n) is 5.48. The van der Waals surface area contributed by atoms with Crippen molar-refractivity contribution in [2.24, 2.45) is 5.92 Å². The number of nitrogens with one attached hydrogen (secondary N) is 1. The Morgan fingerprint density at radius 2 is 1.96 bits per heavy atom. The molecule has 1 unspecified atom stereocenters. The van der Waals surface area contributed by atoms with Gasteiger partial charge in [-0.05, 0) is 24.6 Å². The monoisotopic (exact) mass is 362 g/mol. The highest BCUT2D eigenvalue weighted by Crippen LogP contribution is 2.24. The van der Waals surface area contributed by atoms with Crippen molar-refractivity contribution < 1.29 is 19.6 Å². The largest absolute Gasteiger partial charge is 0.478 e. The van der Waals surface area contributed by atoms with Gasteiger partial charge in [0.2, 0.25) is 5.91 Å². The maximum Gasteiger partial charge on any atom is 0.337 e. The molecule has 2 aromatic carbocycles. The molecule has 25 heavy (non-hydrogen) atoms. The fraction of sp³-hybridized carbons (Fsp3) is 0.176. The summed E-state index contributed by atoms with van der Waals surface area (Å²) in [5.74, 6) is -2.26. The first-order chi connectivity index (χ1) is 11.8. The van der Waals surface area contributed by atoms with Crippen LogP contribution < -0.4 is 5.32 Å². The molecule has 0 bridgehead atoms. The third kappa shape index (κ3) is 4.54. The highest BCUT2D eigenvalue weighted by atomic mass is 35.5. The normalized spacial score (nSPS) is 11.6. The van der Waals surface area contributed by atoms with Crippen molar-refractivity contribution in [3.63, 3.8) is 0 Å². The molecule has 0 aliphatic rings. The molecule has 0 spiro atoms. The van der Waals surface area contributed by atoms with Crippen molar-refractivity contribution in [2.45, 2.75) is 13.3 Å². The topological polar surface area (TPSA) is 110 Å². The van der Waals surface area contributed by atoms with Crippen LogP contribution in [0.4, 0.5) is 11.4 Å². The standard InChI is InChI=1S/C17H15ClN2O5/c1-10(8-11-4-2-3-5-15(11)20(24)25)16(21)19-14-9-12(18)6-7-13(14)17(22)23/h2-7,9-10H,8H2,1H3,(H,19,21)(H,22,23). The van der Waals surface area contributed by atoms with E-state index in [-0.39, 0.29) is 28.4 Å². The molecule has 0 aliphatic heterocycles. The lowest BCUT2D eigenvalue weighted by Crippen LogP contribution is -2.23. The lowest BCUT2D eigenvalue weighted by Gasteiger charge is -2.14. The number of nitro benzene ring substituents is 1. The van der Waals surface area contributed by atoms with E-state index >= 15 is 0 Å². The molecule has 2 aromatic rings. The number of nitrogens with zero attached hydrogens (tertiary/aromatic N) is 1. The first kappa shape index (κ1) is 18.4. The first-order valence-corrected chi connectivity index (χ1v) is 7.73. The van der Waals surface area contributed by atoms with Gasteiger partial charge in [0, 0.05) is 22.6 Å². The lowest BCUT2D eigenvalue weighted by molar-refractivity contribution is -0.385. The zero-order chi connectivity index (χ0) is 18.6. The summed E-state index contributed by atoms with van der Waals surface area (Å²) >= 11 is 5.85. The second-order valence-corrected chi connectivity index (χ2v) is 5.91.